The fourth-order valence-electron chi connectivity index (χ4n) is 2.52. The third kappa shape index (κ3) is 4.62. The fourth-order valence-corrected chi connectivity index (χ4v) is 3.00. The predicted molar refractivity (Wildman–Crippen MR) is 91.4 cm³/mol. The lowest BCUT2D eigenvalue weighted by molar-refractivity contribution is -0.142. The number of nitrogens with two attached hydrogens (primary N) is 1. The minimum absolute atomic E-state index is 0.00257. The number of hydrogen-bond acceptors (Lipinski definition) is 3. The topological polar surface area (TPSA) is 52.3 Å². The van der Waals surface area contributed by atoms with Gasteiger partial charge in [-0.3, -0.25) is 4.79 Å². The van der Waals surface area contributed by atoms with Crippen LogP contribution in [0.2, 0.25) is 0 Å². The van der Waals surface area contributed by atoms with Crippen LogP contribution in [-0.4, -0.2) is 13.1 Å². The van der Waals surface area contributed by atoms with Crippen LogP contribution in [0.4, 0.5) is 4.39 Å². The molecule has 0 aliphatic rings. The first-order chi connectivity index (χ1) is 10.9. The van der Waals surface area contributed by atoms with Crippen LogP contribution in [0.1, 0.15) is 24.0 Å². The molecule has 0 spiro atoms. The van der Waals surface area contributed by atoms with Gasteiger partial charge in [0.05, 0.1) is 19.1 Å². The summed E-state index contributed by atoms with van der Waals surface area (Å²) in [6.45, 7) is 0. The zero-order valence-electron chi connectivity index (χ0n) is 12.9. The van der Waals surface area contributed by atoms with E-state index in [-0.39, 0.29) is 12.2 Å². The minimum atomic E-state index is -0.982. The molecule has 1 unspecified atom stereocenters. The molecular formula is C18H19BrFNO2. The van der Waals surface area contributed by atoms with Gasteiger partial charge in [-0.1, -0.05) is 46.3 Å². The molecule has 0 amide bonds. The maximum absolute atomic E-state index is 13.6. The maximum Gasteiger partial charge on any atom is 0.307 e. The molecule has 0 fully saturated rings. The SMILES string of the molecule is COC(=O)CC(N)(CCc1ccccc1Br)c1cccc(F)c1. The molecule has 122 valence electrons. The number of esters is 1. The van der Waals surface area contributed by atoms with Gasteiger partial charge in [-0.15, -0.1) is 0 Å². The quantitative estimate of drug-likeness (QED) is 0.773. The summed E-state index contributed by atoms with van der Waals surface area (Å²) in [6, 6.07) is 13.9. The van der Waals surface area contributed by atoms with Gasteiger partial charge in [0, 0.05) is 4.47 Å². The molecule has 2 rings (SSSR count). The first-order valence-electron chi connectivity index (χ1n) is 7.30. The van der Waals surface area contributed by atoms with Gasteiger partial charge in [0.25, 0.3) is 0 Å². The van der Waals surface area contributed by atoms with Crippen LogP contribution in [0.15, 0.2) is 53.0 Å². The Kier molecular flexibility index (Phi) is 5.91. The molecule has 2 N–H and O–H groups in total. The molecule has 2 aromatic carbocycles. The summed E-state index contributed by atoms with van der Waals surface area (Å²) in [7, 11) is 1.32. The molecule has 0 radical (unpaired) electrons. The van der Waals surface area contributed by atoms with Crippen LogP contribution in [0.25, 0.3) is 0 Å². The first-order valence-corrected chi connectivity index (χ1v) is 8.09. The Morgan fingerprint density at radius 3 is 2.65 bits per heavy atom. The van der Waals surface area contributed by atoms with Gasteiger partial charge in [-0.25, -0.2) is 4.39 Å². The minimum Gasteiger partial charge on any atom is -0.469 e. The zero-order chi connectivity index (χ0) is 16.9. The second-order valence-electron chi connectivity index (χ2n) is 5.51. The van der Waals surface area contributed by atoms with Crippen molar-refractivity contribution in [1.29, 1.82) is 0 Å². The monoisotopic (exact) mass is 379 g/mol. The van der Waals surface area contributed by atoms with E-state index in [1.165, 1.54) is 19.2 Å². The molecule has 0 saturated heterocycles. The van der Waals surface area contributed by atoms with E-state index in [2.05, 4.69) is 15.9 Å². The second-order valence-corrected chi connectivity index (χ2v) is 6.37. The van der Waals surface area contributed by atoms with Crippen molar-refractivity contribution in [3.63, 3.8) is 0 Å². The van der Waals surface area contributed by atoms with Crippen LogP contribution in [-0.2, 0) is 21.5 Å². The van der Waals surface area contributed by atoms with Crippen LogP contribution >= 0.6 is 15.9 Å². The van der Waals surface area contributed by atoms with Crippen molar-refractivity contribution in [2.75, 3.05) is 7.11 Å². The van der Waals surface area contributed by atoms with Crippen molar-refractivity contribution in [2.45, 2.75) is 24.8 Å². The average Bonchev–Trinajstić information content (AvgIpc) is 2.54. The summed E-state index contributed by atoms with van der Waals surface area (Å²) in [4.78, 5) is 11.8. The van der Waals surface area contributed by atoms with Gasteiger partial charge in [0.15, 0.2) is 0 Å². The molecular weight excluding hydrogens is 361 g/mol. The van der Waals surface area contributed by atoms with Crippen molar-refractivity contribution in [2.24, 2.45) is 5.73 Å². The van der Waals surface area contributed by atoms with Gasteiger partial charge in [0.2, 0.25) is 0 Å². The van der Waals surface area contributed by atoms with Crippen molar-refractivity contribution >= 4 is 21.9 Å². The normalized spacial score (nSPS) is 13.4. The standard InChI is InChI=1S/C18H19BrFNO2/c1-23-17(22)12-18(21,14-6-4-7-15(20)11-14)10-9-13-5-2-3-8-16(13)19/h2-8,11H,9-10,12,21H2,1H3. The Bertz CT molecular complexity index is 692. The summed E-state index contributed by atoms with van der Waals surface area (Å²) in [5, 5.41) is 0. The lowest BCUT2D eigenvalue weighted by Crippen LogP contribution is -2.40. The van der Waals surface area contributed by atoms with Crippen LogP contribution < -0.4 is 5.73 Å². The van der Waals surface area contributed by atoms with Gasteiger partial charge >= 0.3 is 5.97 Å². The highest BCUT2D eigenvalue weighted by Gasteiger charge is 2.31. The van der Waals surface area contributed by atoms with Crippen LogP contribution in [0, 0.1) is 5.82 Å². The number of rotatable bonds is 6. The van der Waals surface area contributed by atoms with E-state index in [1.54, 1.807) is 12.1 Å². The molecule has 0 aliphatic heterocycles. The number of carbonyl (C=O) groups is 1. The summed E-state index contributed by atoms with van der Waals surface area (Å²) < 4.78 is 19.3. The Balaban J connectivity index is 2.26. The van der Waals surface area contributed by atoms with Gasteiger partial charge < -0.3 is 10.5 Å². The summed E-state index contributed by atoms with van der Waals surface area (Å²) in [5.74, 6) is -0.785. The lowest BCUT2D eigenvalue weighted by atomic mass is 9.82. The van der Waals surface area contributed by atoms with E-state index in [9.17, 15) is 9.18 Å². The summed E-state index contributed by atoms with van der Waals surface area (Å²) >= 11 is 3.50. The largest absolute Gasteiger partial charge is 0.469 e. The number of benzene rings is 2. The number of methoxy groups -OCH3 is 1. The van der Waals surface area contributed by atoms with Crippen LogP contribution in [0.3, 0.4) is 0 Å². The number of carbonyl (C=O) groups excluding carboxylic acids is 1. The number of halogens is 2. The molecule has 0 bridgehead atoms. The Hall–Kier alpha value is -1.72. The van der Waals surface area contributed by atoms with Crippen LogP contribution in [0.5, 0.6) is 0 Å². The molecule has 0 saturated carbocycles. The van der Waals surface area contributed by atoms with E-state index in [0.29, 0.717) is 18.4 Å². The predicted octanol–water partition coefficient (Wildman–Crippen LogP) is 3.94. The van der Waals surface area contributed by atoms with E-state index in [0.717, 1.165) is 10.0 Å². The smallest absolute Gasteiger partial charge is 0.307 e. The average molecular weight is 380 g/mol. The Morgan fingerprint density at radius 1 is 1.26 bits per heavy atom. The van der Waals surface area contributed by atoms with Crippen molar-refractivity contribution in [3.8, 4) is 0 Å². The molecule has 3 nitrogen and oxygen atoms in total. The van der Waals surface area contributed by atoms with E-state index in [4.69, 9.17) is 10.5 Å². The molecule has 0 aliphatic carbocycles. The molecule has 2 aromatic rings. The third-order valence-corrected chi connectivity index (χ3v) is 4.66. The Morgan fingerprint density at radius 2 is 2.00 bits per heavy atom. The number of hydrogen-bond donors (Lipinski definition) is 1. The lowest BCUT2D eigenvalue weighted by Gasteiger charge is -2.29. The van der Waals surface area contributed by atoms with Crippen molar-refractivity contribution in [3.05, 3.63) is 69.9 Å². The molecule has 23 heavy (non-hydrogen) atoms. The van der Waals surface area contributed by atoms with Crippen molar-refractivity contribution in [1.82, 2.24) is 0 Å². The van der Waals surface area contributed by atoms with E-state index in [1.807, 2.05) is 24.3 Å². The highest BCUT2D eigenvalue weighted by molar-refractivity contribution is 9.10. The van der Waals surface area contributed by atoms with Gasteiger partial charge in [-0.2, -0.15) is 0 Å². The highest BCUT2D eigenvalue weighted by Crippen LogP contribution is 2.30. The Labute approximate surface area is 143 Å². The molecule has 0 aromatic heterocycles. The number of ether oxygens (including phenoxy) is 1. The second kappa shape index (κ2) is 7.70. The first kappa shape index (κ1) is 17.6. The van der Waals surface area contributed by atoms with Crippen molar-refractivity contribution < 1.29 is 13.9 Å². The van der Waals surface area contributed by atoms with E-state index >= 15 is 0 Å². The summed E-state index contributed by atoms with van der Waals surface area (Å²) in [6.07, 6.45) is 1.15. The molecule has 5 heteroatoms. The third-order valence-electron chi connectivity index (χ3n) is 3.89. The maximum atomic E-state index is 13.6. The molecule has 0 heterocycles. The van der Waals surface area contributed by atoms with Gasteiger partial charge in [-0.05, 0) is 42.2 Å². The highest BCUT2D eigenvalue weighted by atomic mass is 79.9. The fraction of sp³-hybridized carbons (Fsp3) is 0.278. The zero-order valence-corrected chi connectivity index (χ0v) is 14.5. The summed E-state index contributed by atoms with van der Waals surface area (Å²) in [5.41, 5.74) is 7.18. The van der Waals surface area contributed by atoms with Gasteiger partial charge in [0.1, 0.15) is 5.82 Å². The molecule has 1 atom stereocenters. The van der Waals surface area contributed by atoms with E-state index < -0.39 is 11.5 Å². The number of aryl methyl sites for hydroxylation is 1.